The second-order valence-electron chi connectivity index (χ2n) is 14.3. The van der Waals surface area contributed by atoms with Gasteiger partial charge in [-0.2, -0.15) is 5.11 Å². The molecule has 8 aromatic rings. The summed E-state index contributed by atoms with van der Waals surface area (Å²) < 4.78 is 180. The molecule has 73 heavy (non-hydrogen) atoms. The van der Waals surface area contributed by atoms with Crippen LogP contribution in [0.25, 0.3) is 43.1 Å². The topological polar surface area (TPSA) is 406 Å². The molecule has 0 fully saturated rings. The first kappa shape index (κ1) is 65.0. The van der Waals surface area contributed by atoms with Gasteiger partial charge >= 0.3 is 148 Å². The number of benzene rings is 8. The van der Waals surface area contributed by atoms with Gasteiger partial charge in [-0.3, -0.25) is 0 Å². The third kappa shape index (κ3) is 14.3. The molecule has 0 bridgehead atoms. The third-order valence-electron chi connectivity index (χ3n) is 10.1. The summed E-state index contributed by atoms with van der Waals surface area (Å²) in [6.45, 7) is 0. The van der Waals surface area contributed by atoms with Gasteiger partial charge in [0.25, 0.3) is 0 Å². The monoisotopic (exact) mass is 1130 g/mol. The molecule has 23 nitrogen and oxygen atoms in total. The summed E-state index contributed by atoms with van der Waals surface area (Å²) in [4.78, 5) is -3.94. The van der Waals surface area contributed by atoms with Gasteiger partial charge in [0, 0.05) is 32.3 Å². The Morgan fingerprint density at radius 1 is 0.384 bits per heavy atom. The number of hydrogen-bond acceptors (Lipinski definition) is 23. The minimum Gasteiger partial charge on any atom is -0.744 e. The molecular formula is C40H22N7Na5O16S5. The van der Waals surface area contributed by atoms with E-state index in [0.717, 1.165) is 66.7 Å². The van der Waals surface area contributed by atoms with Crippen LogP contribution in [0, 0.1) is 0 Å². The van der Waals surface area contributed by atoms with Crippen molar-refractivity contribution in [1.82, 2.24) is 0 Å². The van der Waals surface area contributed by atoms with E-state index in [9.17, 15) is 70.0 Å². The zero-order chi connectivity index (χ0) is 49.3. The molecule has 0 aliphatic heterocycles. The van der Waals surface area contributed by atoms with Crippen molar-refractivity contribution in [2.24, 2.45) is 30.7 Å². The van der Waals surface area contributed by atoms with Gasteiger partial charge in [0.05, 0.1) is 64.0 Å². The third-order valence-corrected chi connectivity index (χ3v) is 14.3. The minimum atomic E-state index is -5.29. The molecule has 0 spiro atoms. The van der Waals surface area contributed by atoms with E-state index in [4.69, 9.17) is 5.73 Å². The maximum Gasteiger partial charge on any atom is 1.00 e. The standard InChI is InChI=1S/C40H27N7O16S5.5Na/c41-31-9-4-20-14-24(66(55,56)57)19-36(48)39(20)40(31)47-46-33-11-13-35(29-18-23(65(52,53)54)6-8-26(29)33)45-44-34-12-10-32(25-7-5-22(17-28(25)34)64(49,50)51)43-42-21-15-30-27(38(16-21)68(61,62)63)2-1-3-37(30)67(58,59)60;;;;;/h1-19,48H,41H2,(H,49,50,51)(H,52,53,54)(H,55,56,57)(H,58,59,60)(H,61,62,63);;;;;/q;5*+1/p-5. The fourth-order valence-corrected chi connectivity index (χ4v) is 9.95. The van der Waals surface area contributed by atoms with E-state index in [-0.39, 0.29) is 220 Å². The first-order valence-electron chi connectivity index (χ1n) is 18.5. The molecule has 0 saturated carbocycles. The Kier molecular flexibility index (Phi) is 21.9. The number of phenols is 1. The van der Waals surface area contributed by atoms with Crippen molar-refractivity contribution < 1.29 is 218 Å². The summed E-state index contributed by atoms with van der Waals surface area (Å²) in [5.41, 5.74) is 5.20. The van der Waals surface area contributed by atoms with Crippen molar-refractivity contribution in [1.29, 1.82) is 0 Å². The van der Waals surface area contributed by atoms with Gasteiger partial charge < -0.3 is 33.6 Å². The van der Waals surface area contributed by atoms with Gasteiger partial charge in [-0.05, 0) is 90.3 Å². The number of rotatable bonds is 11. The van der Waals surface area contributed by atoms with Crippen molar-refractivity contribution in [2.75, 3.05) is 5.73 Å². The average molecular weight is 1130 g/mol. The van der Waals surface area contributed by atoms with Crippen LogP contribution < -0.4 is 154 Å². The van der Waals surface area contributed by atoms with Crippen molar-refractivity contribution in [3.05, 3.63) is 115 Å². The molecule has 8 rings (SSSR count). The molecule has 348 valence electrons. The summed E-state index contributed by atoms with van der Waals surface area (Å²) in [7, 11) is -25.7. The molecule has 0 amide bonds. The molecule has 3 N–H and O–H groups in total. The average Bonchev–Trinajstić information content (AvgIpc) is 3.25. The van der Waals surface area contributed by atoms with Crippen molar-refractivity contribution in [2.45, 2.75) is 24.5 Å². The van der Waals surface area contributed by atoms with Crippen molar-refractivity contribution in [3.63, 3.8) is 0 Å². The summed E-state index contributed by atoms with van der Waals surface area (Å²) >= 11 is 0. The smallest absolute Gasteiger partial charge is 0.744 e. The number of azo groups is 3. The maximum absolute atomic E-state index is 12.2. The number of nitrogens with zero attached hydrogens (tertiary/aromatic N) is 6. The van der Waals surface area contributed by atoms with Crippen LogP contribution in [0.2, 0.25) is 0 Å². The predicted molar refractivity (Wildman–Crippen MR) is 234 cm³/mol. The van der Waals surface area contributed by atoms with Crippen molar-refractivity contribution >= 4 is 133 Å². The number of hydrogen-bond donors (Lipinski definition) is 2. The quantitative estimate of drug-likeness (QED) is 0.0526. The fraction of sp³-hybridized carbons (Fsp3) is 0. The molecule has 8 aromatic carbocycles. The molecule has 0 heterocycles. The molecular weight excluding hydrogens is 1110 g/mol. The van der Waals surface area contributed by atoms with E-state index < -0.39 is 91.9 Å². The van der Waals surface area contributed by atoms with Gasteiger partial charge in [0.2, 0.25) is 0 Å². The van der Waals surface area contributed by atoms with Crippen LogP contribution in [-0.4, -0.2) is 70.0 Å². The Bertz CT molecular complexity index is 4230. The van der Waals surface area contributed by atoms with E-state index in [1.165, 1.54) is 42.5 Å². The molecule has 0 saturated heterocycles. The van der Waals surface area contributed by atoms with Crippen LogP contribution in [0.1, 0.15) is 0 Å². The number of fused-ring (bicyclic) bond motifs is 4. The van der Waals surface area contributed by atoms with Crippen molar-refractivity contribution in [3.8, 4) is 5.75 Å². The van der Waals surface area contributed by atoms with Gasteiger partial charge in [0.1, 0.15) is 62.0 Å². The molecule has 0 radical (unpaired) electrons. The number of aromatic hydroxyl groups is 1. The summed E-state index contributed by atoms with van der Waals surface area (Å²) in [6.07, 6.45) is 0. The molecule has 0 atom stereocenters. The first-order chi connectivity index (χ1) is 31.7. The van der Waals surface area contributed by atoms with E-state index in [2.05, 4.69) is 30.7 Å². The van der Waals surface area contributed by atoms with Crippen LogP contribution in [-0.2, 0) is 50.6 Å². The van der Waals surface area contributed by atoms with Crippen LogP contribution in [0.15, 0.2) is 170 Å². The molecule has 0 aromatic heterocycles. The van der Waals surface area contributed by atoms with Gasteiger partial charge in [0.15, 0.2) is 0 Å². The Balaban J connectivity index is 0.00000281. The van der Waals surface area contributed by atoms with Gasteiger partial charge in [-0.1, -0.05) is 30.3 Å². The Labute approximate surface area is 525 Å². The largest absolute Gasteiger partial charge is 1.00 e. The Hall–Kier alpha value is -2.25. The minimum absolute atomic E-state index is 0. The normalized spacial score (nSPS) is 12.4. The van der Waals surface area contributed by atoms with E-state index >= 15 is 0 Å². The Morgan fingerprint density at radius 3 is 1.30 bits per heavy atom. The fourth-order valence-electron chi connectivity index (χ4n) is 7.03. The number of phenolic OH excluding ortho intramolecular Hbond substituents is 1. The summed E-state index contributed by atoms with van der Waals surface area (Å²) in [5, 5.41) is 34.7. The van der Waals surface area contributed by atoms with Crippen LogP contribution in [0.5, 0.6) is 5.75 Å². The zero-order valence-electron chi connectivity index (χ0n) is 38.3. The second kappa shape index (κ2) is 24.6. The van der Waals surface area contributed by atoms with E-state index in [0.29, 0.717) is 6.07 Å². The maximum atomic E-state index is 12.2. The van der Waals surface area contributed by atoms with Gasteiger partial charge in [-0.15, -0.1) is 25.6 Å². The number of nitrogens with two attached hydrogens (primary N) is 1. The molecule has 33 heteroatoms. The Morgan fingerprint density at radius 2 is 0.836 bits per heavy atom. The number of anilines is 1. The SMILES string of the molecule is Nc1ccc2cc(S(=O)(=O)[O-])cc(O)c2c1N=Nc1ccc(N=Nc2ccc(N=Nc3cc(S(=O)(=O)[O-])c4cccc(S(=O)(=O)[O-])c4c3)c3ccc(S(=O)(=O)[O-])cc23)c2cc(S(=O)(=O)[O-])ccc12.[Na+].[Na+].[Na+].[Na+].[Na+]. The van der Waals surface area contributed by atoms with E-state index in [1.54, 1.807) is 0 Å². The van der Waals surface area contributed by atoms with Crippen LogP contribution >= 0.6 is 0 Å². The first-order valence-corrected chi connectivity index (χ1v) is 25.5. The molecule has 0 unspecified atom stereocenters. The summed E-state index contributed by atoms with van der Waals surface area (Å²) in [6, 6.07) is 20.5. The number of nitrogen functional groups attached to an aromatic ring is 1. The van der Waals surface area contributed by atoms with Gasteiger partial charge in [-0.25, -0.2) is 42.1 Å². The van der Waals surface area contributed by atoms with E-state index in [1.807, 2.05) is 0 Å². The second-order valence-corrected chi connectivity index (χ2v) is 21.2. The summed E-state index contributed by atoms with van der Waals surface area (Å²) in [5.74, 6) is -0.667. The molecule has 0 aliphatic carbocycles. The molecule has 0 aliphatic rings. The predicted octanol–water partition coefficient (Wildman–Crippen LogP) is -7.63. The van der Waals surface area contributed by atoms with Crippen LogP contribution in [0.4, 0.5) is 39.8 Å². The van der Waals surface area contributed by atoms with Crippen LogP contribution in [0.3, 0.4) is 0 Å². The zero-order valence-corrected chi connectivity index (χ0v) is 52.4.